The van der Waals surface area contributed by atoms with E-state index in [-0.39, 0.29) is 35.7 Å². The second-order valence-corrected chi connectivity index (χ2v) is 5.56. The summed E-state index contributed by atoms with van der Waals surface area (Å²) in [5, 5.41) is 9.12. The number of hydrogen-bond donors (Lipinski definition) is 3. The van der Waals surface area contributed by atoms with Crippen molar-refractivity contribution in [3.63, 3.8) is 0 Å². The molecule has 0 saturated carbocycles. The van der Waals surface area contributed by atoms with Gasteiger partial charge in [-0.15, -0.1) is 24.0 Å². The van der Waals surface area contributed by atoms with Gasteiger partial charge in [-0.3, -0.25) is 9.79 Å². The molecule has 1 amide bonds. The molecule has 0 aliphatic rings. The van der Waals surface area contributed by atoms with Crippen LogP contribution in [0.4, 0.5) is 4.39 Å². The zero-order chi connectivity index (χ0) is 18.1. The van der Waals surface area contributed by atoms with E-state index in [0.717, 1.165) is 5.56 Å². The first-order chi connectivity index (χ1) is 12.1. The van der Waals surface area contributed by atoms with Gasteiger partial charge in [-0.25, -0.2) is 4.39 Å². The Morgan fingerprint density at radius 1 is 1.04 bits per heavy atom. The van der Waals surface area contributed by atoms with E-state index in [0.29, 0.717) is 36.7 Å². The molecule has 0 spiro atoms. The van der Waals surface area contributed by atoms with Gasteiger partial charge in [-0.05, 0) is 36.2 Å². The third-order valence-electron chi connectivity index (χ3n) is 3.64. The summed E-state index contributed by atoms with van der Waals surface area (Å²) in [6.07, 6.45) is 0. The molecule has 0 aliphatic carbocycles. The molecule has 2 rings (SSSR count). The number of amides is 1. The molecule has 2 aromatic rings. The molecule has 2 aromatic carbocycles. The number of halogens is 2. The van der Waals surface area contributed by atoms with Crippen LogP contribution in [0, 0.1) is 12.7 Å². The third kappa shape index (κ3) is 6.99. The SMILES string of the molecule is CN=C(NCCNC(=O)c1ccccc1)NCc1ccc(F)c(C)c1.I. The van der Waals surface area contributed by atoms with Gasteiger partial charge < -0.3 is 16.0 Å². The van der Waals surface area contributed by atoms with E-state index in [1.165, 1.54) is 6.07 Å². The highest BCUT2D eigenvalue weighted by atomic mass is 127. The van der Waals surface area contributed by atoms with Crippen LogP contribution in [0.2, 0.25) is 0 Å². The fourth-order valence-corrected chi connectivity index (χ4v) is 2.27. The molecule has 5 nitrogen and oxygen atoms in total. The molecule has 7 heteroatoms. The standard InChI is InChI=1S/C19H23FN4O.HI/c1-14-12-15(8-9-17(14)20)13-24-19(21-2)23-11-10-22-18(25)16-6-4-3-5-7-16;/h3-9,12H,10-11,13H2,1-2H3,(H,22,25)(H2,21,23,24);1H. The lowest BCUT2D eigenvalue weighted by atomic mass is 10.1. The van der Waals surface area contributed by atoms with E-state index in [1.54, 1.807) is 38.2 Å². The summed E-state index contributed by atoms with van der Waals surface area (Å²) in [7, 11) is 1.67. The Bertz CT molecular complexity index is 738. The van der Waals surface area contributed by atoms with Crippen LogP contribution in [0.25, 0.3) is 0 Å². The Labute approximate surface area is 170 Å². The number of aliphatic imine (C=N–C) groups is 1. The Balaban J connectivity index is 0.00000338. The van der Waals surface area contributed by atoms with Crippen LogP contribution in [0.5, 0.6) is 0 Å². The Kier molecular flexibility index (Phi) is 9.64. The maximum absolute atomic E-state index is 13.3. The minimum Gasteiger partial charge on any atom is -0.355 e. The minimum absolute atomic E-state index is 0. The van der Waals surface area contributed by atoms with Gasteiger partial charge in [-0.2, -0.15) is 0 Å². The summed E-state index contributed by atoms with van der Waals surface area (Å²) in [4.78, 5) is 16.0. The van der Waals surface area contributed by atoms with E-state index in [1.807, 2.05) is 18.2 Å². The van der Waals surface area contributed by atoms with Crippen LogP contribution in [0.1, 0.15) is 21.5 Å². The van der Waals surface area contributed by atoms with E-state index < -0.39 is 0 Å². The van der Waals surface area contributed by atoms with Crippen LogP contribution >= 0.6 is 24.0 Å². The molecule has 140 valence electrons. The zero-order valence-corrected chi connectivity index (χ0v) is 17.2. The summed E-state index contributed by atoms with van der Waals surface area (Å²) < 4.78 is 13.3. The van der Waals surface area contributed by atoms with Gasteiger partial charge in [-0.1, -0.05) is 30.3 Å². The van der Waals surface area contributed by atoms with Crippen molar-refractivity contribution >= 4 is 35.8 Å². The average Bonchev–Trinajstić information content (AvgIpc) is 2.64. The van der Waals surface area contributed by atoms with E-state index in [2.05, 4.69) is 20.9 Å². The molecular formula is C19H24FIN4O. The van der Waals surface area contributed by atoms with Crippen molar-refractivity contribution in [1.82, 2.24) is 16.0 Å². The third-order valence-corrected chi connectivity index (χ3v) is 3.64. The Hall–Kier alpha value is -2.16. The fraction of sp³-hybridized carbons (Fsp3) is 0.263. The van der Waals surface area contributed by atoms with E-state index in [4.69, 9.17) is 0 Å². The number of hydrogen-bond acceptors (Lipinski definition) is 2. The molecule has 0 unspecified atom stereocenters. The molecule has 0 aromatic heterocycles. The summed E-state index contributed by atoms with van der Waals surface area (Å²) >= 11 is 0. The number of guanidine groups is 1. The van der Waals surface area contributed by atoms with Gasteiger partial charge in [0.15, 0.2) is 5.96 Å². The quantitative estimate of drug-likeness (QED) is 0.263. The highest BCUT2D eigenvalue weighted by Gasteiger charge is 2.04. The molecule has 26 heavy (non-hydrogen) atoms. The lowest BCUT2D eigenvalue weighted by Gasteiger charge is -2.13. The van der Waals surface area contributed by atoms with Gasteiger partial charge >= 0.3 is 0 Å². The summed E-state index contributed by atoms with van der Waals surface area (Å²) in [6.45, 7) is 3.29. The monoisotopic (exact) mass is 470 g/mol. The van der Waals surface area contributed by atoms with Crippen molar-refractivity contribution in [3.05, 3.63) is 71.0 Å². The van der Waals surface area contributed by atoms with Crippen LogP contribution in [0.3, 0.4) is 0 Å². The highest BCUT2D eigenvalue weighted by Crippen LogP contribution is 2.08. The lowest BCUT2D eigenvalue weighted by Crippen LogP contribution is -2.41. The molecule has 3 N–H and O–H groups in total. The smallest absolute Gasteiger partial charge is 0.251 e. The summed E-state index contributed by atoms with van der Waals surface area (Å²) in [6, 6.07) is 14.1. The molecule has 0 aliphatic heterocycles. The normalized spacial score (nSPS) is 10.7. The number of carbonyl (C=O) groups is 1. The molecule has 0 atom stereocenters. The maximum Gasteiger partial charge on any atom is 0.251 e. The molecule has 0 radical (unpaired) electrons. The number of nitrogens with one attached hydrogen (secondary N) is 3. The minimum atomic E-state index is -0.208. The van der Waals surface area contributed by atoms with Crippen molar-refractivity contribution in [2.75, 3.05) is 20.1 Å². The Morgan fingerprint density at radius 3 is 2.38 bits per heavy atom. The zero-order valence-electron chi connectivity index (χ0n) is 14.9. The van der Waals surface area contributed by atoms with E-state index in [9.17, 15) is 9.18 Å². The van der Waals surface area contributed by atoms with E-state index >= 15 is 0 Å². The van der Waals surface area contributed by atoms with Crippen LogP contribution in [-0.2, 0) is 6.54 Å². The van der Waals surface area contributed by atoms with Gasteiger partial charge in [0.05, 0.1) is 0 Å². The van der Waals surface area contributed by atoms with Crippen molar-refractivity contribution < 1.29 is 9.18 Å². The second kappa shape index (κ2) is 11.5. The molecule has 0 fully saturated rings. The van der Waals surface area contributed by atoms with Crippen LogP contribution < -0.4 is 16.0 Å². The maximum atomic E-state index is 13.3. The molecule has 0 saturated heterocycles. The first-order valence-electron chi connectivity index (χ1n) is 8.13. The topological polar surface area (TPSA) is 65.5 Å². The molecular weight excluding hydrogens is 446 g/mol. The number of benzene rings is 2. The fourth-order valence-electron chi connectivity index (χ4n) is 2.27. The van der Waals surface area contributed by atoms with Crippen molar-refractivity contribution in [3.8, 4) is 0 Å². The Morgan fingerprint density at radius 2 is 1.73 bits per heavy atom. The number of carbonyl (C=O) groups excluding carboxylic acids is 1. The van der Waals surface area contributed by atoms with Gasteiger partial charge in [0.1, 0.15) is 5.82 Å². The number of nitrogens with zero attached hydrogens (tertiary/aromatic N) is 1. The number of rotatable bonds is 6. The number of aryl methyl sites for hydroxylation is 1. The predicted molar refractivity (Wildman–Crippen MR) is 114 cm³/mol. The van der Waals surface area contributed by atoms with Crippen molar-refractivity contribution in [1.29, 1.82) is 0 Å². The first-order valence-corrected chi connectivity index (χ1v) is 8.13. The lowest BCUT2D eigenvalue weighted by molar-refractivity contribution is 0.0954. The summed E-state index contributed by atoms with van der Waals surface area (Å²) in [5.74, 6) is 0.309. The van der Waals surface area contributed by atoms with Crippen LogP contribution in [-0.4, -0.2) is 32.0 Å². The highest BCUT2D eigenvalue weighted by molar-refractivity contribution is 14.0. The van der Waals surface area contributed by atoms with Crippen LogP contribution in [0.15, 0.2) is 53.5 Å². The molecule has 0 heterocycles. The second-order valence-electron chi connectivity index (χ2n) is 5.56. The predicted octanol–water partition coefficient (Wildman–Crippen LogP) is 2.85. The van der Waals surface area contributed by atoms with Crippen molar-refractivity contribution in [2.24, 2.45) is 4.99 Å². The first kappa shape index (κ1) is 21.9. The van der Waals surface area contributed by atoms with Crippen molar-refractivity contribution in [2.45, 2.75) is 13.5 Å². The molecule has 0 bridgehead atoms. The van der Waals surface area contributed by atoms with Gasteiger partial charge in [0.2, 0.25) is 0 Å². The average molecular weight is 470 g/mol. The van der Waals surface area contributed by atoms with Gasteiger partial charge in [0, 0.05) is 32.2 Å². The van der Waals surface area contributed by atoms with Gasteiger partial charge in [0.25, 0.3) is 5.91 Å². The largest absolute Gasteiger partial charge is 0.355 e. The summed E-state index contributed by atoms with van der Waals surface area (Å²) in [5.41, 5.74) is 2.22.